The Morgan fingerprint density at radius 3 is 1.83 bits per heavy atom. The number of hydrogen-bond donors (Lipinski definition) is 1. The zero-order valence-electron chi connectivity index (χ0n) is 35.0. The molecule has 0 saturated heterocycles. The van der Waals surface area contributed by atoms with Crippen molar-refractivity contribution in [3.8, 4) is 11.4 Å². The molecule has 14 rings (SSSR count). The fourth-order valence-corrected chi connectivity index (χ4v) is 10.3. The predicted molar refractivity (Wildman–Crippen MR) is 269 cm³/mol. The van der Waals surface area contributed by atoms with Crippen LogP contribution in [0, 0.1) is 0 Å². The number of rotatable bonds is 5. The third-order valence-electron chi connectivity index (χ3n) is 13.3. The summed E-state index contributed by atoms with van der Waals surface area (Å²) in [7, 11) is 0. The molecule has 10 aromatic carbocycles. The summed E-state index contributed by atoms with van der Waals surface area (Å²) in [6, 6.07) is 75.7. The van der Waals surface area contributed by atoms with E-state index in [0.29, 0.717) is 11.7 Å². The van der Waals surface area contributed by atoms with E-state index in [9.17, 15) is 0 Å². The van der Waals surface area contributed by atoms with E-state index < -0.39 is 6.17 Å². The van der Waals surface area contributed by atoms with Crippen LogP contribution in [0.5, 0.6) is 0 Å². The highest BCUT2D eigenvalue weighted by atomic mass is 16.3. The summed E-state index contributed by atoms with van der Waals surface area (Å²) in [6.07, 6.45) is -0.444. The van der Waals surface area contributed by atoms with Gasteiger partial charge >= 0.3 is 0 Å². The zero-order valence-corrected chi connectivity index (χ0v) is 35.0. The van der Waals surface area contributed by atoms with Gasteiger partial charge in [-0.2, -0.15) is 0 Å². The summed E-state index contributed by atoms with van der Waals surface area (Å²) in [6.45, 7) is 0. The molecule has 0 spiro atoms. The minimum atomic E-state index is -0.444. The van der Waals surface area contributed by atoms with Gasteiger partial charge in [0.15, 0.2) is 5.84 Å². The molecule has 1 atom stereocenters. The molecule has 304 valence electrons. The van der Waals surface area contributed by atoms with Gasteiger partial charge < -0.3 is 18.9 Å². The van der Waals surface area contributed by atoms with E-state index in [2.05, 4.69) is 215 Å². The molecule has 1 aliphatic heterocycles. The van der Waals surface area contributed by atoms with Gasteiger partial charge in [-0.25, -0.2) is 9.98 Å². The first kappa shape index (κ1) is 35.8. The van der Waals surface area contributed by atoms with E-state index in [-0.39, 0.29) is 0 Å². The lowest BCUT2D eigenvalue weighted by Crippen LogP contribution is -2.33. The van der Waals surface area contributed by atoms with E-state index in [1.807, 2.05) is 12.1 Å². The van der Waals surface area contributed by atoms with Crippen LogP contribution in [0.25, 0.3) is 98.5 Å². The Balaban J connectivity index is 1.03. The summed E-state index contributed by atoms with van der Waals surface area (Å²) < 4.78 is 11.6. The van der Waals surface area contributed by atoms with Crippen molar-refractivity contribution in [2.75, 3.05) is 0 Å². The highest BCUT2D eigenvalue weighted by molar-refractivity contribution is 6.21. The molecule has 0 radical (unpaired) electrons. The summed E-state index contributed by atoms with van der Waals surface area (Å²) in [4.78, 5) is 11.0. The average molecular weight is 832 g/mol. The molecule has 1 aliphatic rings. The van der Waals surface area contributed by atoms with Gasteiger partial charge in [-0.1, -0.05) is 146 Å². The Bertz CT molecular complexity index is 4170. The van der Waals surface area contributed by atoms with Crippen molar-refractivity contribution in [3.63, 3.8) is 0 Å². The molecule has 6 heteroatoms. The highest BCUT2D eigenvalue weighted by Gasteiger charge is 2.27. The molecule has 1 unspecified atom stereocenters. The van der Waals surface area contributed by atoms with Gasteiger partial charge in [-0.05, 0) is 93.8 Å². The van der Waals surface area contributed by atoms with E-state index >= 15 is 0 Å². The second kappa shape index (κ2) is 13.9. The molecular weight excluding hydrogens is 795 g/mol. The van der Waals surface area contributed by atoms with Crippen LogP contribution in [0.3, 0.4) is 0 Å². The molecule has 6 nitrogen and oxygen atoms in total. The molecule has 0 bridgehead atoms. The number of nitrogens with one attached hydrogen (secondary N) is 1. The maximum Gasteiger partial charge on any atom is 0.159 e. The first-order chi connectivity index (χ1) is 32.2. The van der Waals surface area contributed by atoms with E-state index in [4.69, 9.17) is 14.4 Å². The van der Waals surface area contributed by atoms with Crippen molar-refractivity contribution >= 4 is 98.8 Å². The minimum absolute atomic E-state index is 0.444. The molecule has 0 fully saturated rings. The molecule has 0 aliphatic carbocycles. The smallest absolute Gasteiger partial charge is 0.159 e. The van der Waals surface area contributed by atoms with Gasteiger partial charge in [0, 0.05) is 49.3 Å². The van der Waals surface area contributed by atoms with Crippen molar-refractivity contribution in [2.24, 2.45) is 9.98 Å². The Morgan fingerprint density at radius 2 is 1.03 bits per heavy atom. The number of fused-ring (bicyclic) bond motifs is 11. The SMILES string of the molecule is c1ccc(-n2c3ccccc3c3ccc(C4=NC(c5ccc6ccccc6c5)NC(c5cc(-n6c7ccccc7c7cc8ccccc8cc76)cc6c5oc5ccccc56)=N4)cc32)cc1. The van der Waals surface area contributed by atoms with Gasteiger partial charge in [0.1, 0.15) is 23.2 Å². The number of aliphatic imine (C=N–C) groups is 2. The Hall–Kier alpha value is -8.74. The average Bonchev–Trinajstić information content (AvgIpc) is 4.02. The van der Waals surface area contributed by atoms with Crippen molar-refractivity contribution in [2.45, 2.75) is 6.17 Å². The Labute approximate surface area is 372 Å². The summed E-state index contributed by atoms with van der Waals surface area (Å²) in [5.74, 6) is 1.33. The van der Waals surface area contributed by atoms with Crippen LogP contribution in [0.2, 0.25) is 0 Å². The summed E-state index contributed by atoms with van der Waals surface area (Å²) >= 11 is 0. The topological polar surface area (TPSA) is 59.8 Å². The van der Waals surface area contributed by atoms with Crippen LogP contribution >= 0.6 is 0 Å². The molecule has 3 aromatic heterocycles. The lowest BCUT2D eigenvalue weighted by atomic mass is 10.0. The lowest BCUT2D eigenvalue weighted by Gasteiger charge is -2.24. The second-order valence-electron chi connectivity index (χ2n) is 17.0. The third-order valence-corrected chi connectivity index (χ3v) is 13.3. The van der Waals surface area contributed by atoms with Gasteiger partial charge in [0.25, 0.3) is 0 Å². The summed E-state index contributed by atoms with van der Waals surface area (Å²) in [5, 5.41) is 15.4. The number of hydrogen-bond acceptors (Lipinski definition) is 4. The van der Waals surface area contributed by atoms with Crippen LogP contribution < -0.4 is 5.32 Å². The maximum absolute atomic E-state index is 6.86. The van der Waals surface area contributed by atoms with Crippen LogP contribution in [-0.2, 0) is 0 Å². The van der Waals surface area contributed by atoms with Crippen LogP contribution in [0.15, 0.2) is 227 Å². The third kappa shape index (κ3) is 5.54. The molecular formula is C59H37N5O. The largest absolute Gasteiger partial charge is 0.455 e. The van der Waals surface area contributed by atoms with E-state index in [0.717, 1.165) is 77.5 Å². The van der Waals surface area contributed by atoms with Gasteiger partial charge in [0.05, 0.1) is 27.6 Å². The van der Waals surface area contributed by atoms with Crippen LogP contribution in [0.1, 0.15) is 22.9 Å². The molecule has 65 heavy (non-hydrogen) atoms. The number of benzene rings is 10. The second-order valence-corrected chi connectivity index (χ2v) is 17.0. The fourth-order valence-electron chi connectivity index (χ4n) is 10.3. The highest BCUT2D eigenvalue weighted by Crippen LogP contribution is 2.40. The van der Waals surface area contributed by atoms with E-state index in [1.54, 1.807) is 0 Å². The first-order valence-corrected chi connectivity index (χ1v) is 22.1. The quantitative estimate of drug-likeness (QED) is 0.188. The number of aromatic nitrogens is 2. The number of furan rings is 1. The molecule has 0 saturated carbocycles. The monoisotopic (exact) mass is 831 g/mol. The van der Waals surface area contributed by atoms with Crippen molar-refractivity contribution in [1.29, 1.82) is 0 Å². The molecule has 13 aromatic rings. The molecule has 4 heterocycles. The molecule has 1 N–H and O–H groups in total. The number of para-hydroxylation sites is 4. The predicted octanol–water partition coefficient (Wildman–Crippen LogP) is 14.6. The molecule has 0 amide bonds. The lowest BCUT2D eigenvalue weighted by molar-refractivity contribution is 0.660. The minimum Gasteiger partial charge on any atom is -0.455 e. The fraction of sp³-hybridized carbons (Fsp3) is 0.0169. The normalized spacial score (nSPS) is 14.3. The van der Waals surface area contributed by atoms with Gasteiger partial charge in [-0.3, -0.25) is 0 Å². The maximum atomic E-state index is 6.86. The van der Waals surface area contributed by atoms with Crippen molar-refractivity contribution < 1.29 is 4.42 Å². The first-order valence-electron chi connectivity index (χ1n) is 22.1. The van der Waals surface area contributed by atoms with Crippen LogP contribution in [-0.4, -0.2) is 20.8 Å². The van der Waals surface area contributed by atoms with E-state index in [1.165, 1.54) is 37.7 Å². The van der Waals surface area contributed by atoms with Gasteiger partial charge in [-0.15, -0.1) is 0 Å². The number of nitrogens with zero attached hydrogens (tertiary/aromatic N) is 4. The van der Waals surface area contributed by atoms with Crippen molar-refractivity contribution in [3.05, 3.63) is 229 Å². The summed E-state index contributed by atoms with van der Waals surface area (Å²) in [5.41, 5.74) is 11.1. The Kier molecular flexibility index (Phi) is 7.65. The number of amidine groups is 2. The van der Waals surface area contributed by atoms with Crippen LogP contribution in [0.4, 0.5) is 0 Å². The van der Waals surface area contributed by atoms with Crippen molar-refractivity contribution in [1.82, 2.24) is 14.5 Å². The standard InChI is InChI=1S/C59H37N5O/c1-2-18-42(19-3-1)63-51-23-11-8-20-44(51)46-29-28-41(33-53(46)63)58-60-57(40-27-26-36-14-4-5-15-37(36)30-40)61-59(62-58)50-35-43(34-49-47-22-10-13-25-55(47)65-56(49)50)64-52-24-12-9-21-45(52)48-31-38-16-6-7-17-39(38)32-54(48)64/h1-35,57H,(H,60,61,62). The zero-order chi connectivity index (χ0) is 42.6. The van der Waals surface area contributed by atoms with Gasteiger partial charge in [0.2, 0.25) is 0 Å². The Morgan fingerprint density at radius 1 is 0.415 bits per heavy atom.